The molecule has 1 aliphatic rings. The van der Waals surface area contributed by atoms with Gasteiger partial charge >= 0.3 is 0 Å². The molecule has 118 valence electrons. The van der Waals surface area contributed by atoms with Crippen molar-refractivity contribution in [2.24, 2.45) is 5.92 Å². The number of hydrogen-bond donors (Lipinski definition) is 1. The van der Waals surface area contributed by atoms with Crippen LogP contribution in [-0.4, -0.2) is 19.3 Å². The van der Waals surface area contributed by atoms with Gasteiger partial charge in [-0.2, -0.15) is 0 Å². The normalized spacial score (nSPS) is 27.6. The van der Waals surface area contributed by atoms with Crippen molar-refractivity contribution in [3.63, 3.8) is 0 Å². The van der Waals surface area contributed by atoms with Crippen LogP contribution < -0.4 is 5.32 Å². The molecule has 1 aromatic carbocycles. The van der Waals surface area contributed by atoms with Gasteiger partial charge in [0.15, 0.2) is 0 Å². The SMILES string of the molecule is CCOC1(C(NC)c2cccc(Cl)c2Cl)CCC(C)CC1. The second kappa shape index (κ2) is 7.32. The molecule has 0 amide bonds. The first kappa shape index (κ1) is 17.1. The lowest BCUT2D eigenvalue weighted by Gasteiger charge is -2.45. The van der Waals surface area contributed by atoms with Gasteiger partial charge in [-0.1, -0.05) is 42.3 Å². The molecular formula is C17H25Cl2NO. The van der Waals surface area contributed by atoms with E-state index < -0.39 is 0 Å². The van der Waals surface area contributed by atoms with Gasteiger partial charge in [0, 0.05) is 6.61 Å². The Hall–Kier alpha value is -0.280. The predicted octanol–water partition coefficient (Wildman–Crippen LogP) is 5.24. The van der Waals surface area contributed by atoms with Gasteiger partial charge in [0.1, 0.15) is 0 Å². The molecule has 1 aromatic rings. The topological polar surface area (TPSA) is 21.3 Å². The van der Waals surface area contributed by atoms with Crippen molar-refractivity contribution in [1.29, 1.82) is 0 Å². The van der Waals surface area contributed by atoms with Gasteiger partial charge in [-0.25, -0.2) is 0 Å². The Labute approximate surface area is 138 Å². The zero-order valence-electron chi connectivity index (χ0n) is 13.1. The van der Waals surface area contributed by atoms with Crippen LogP contribution in [0.5, 0.6) is 0 Å². The van der Waals surface area contributed by atoms with Crippen LogP contribution in [0.2, 0.25) is 10.0 Å². The number of nitrogens with one attached hydrogen (secondary N) is 1. The summed E-state index contributed by atoms with van der Waals surface area (Å²) in [5, 5.41) is 4.67. The van der Waals surface area contributed by atoms with E-state index in [9.17, 15) is 0 Å². The number of likely N-dealkylation sites (N-methyl/N-ethyl adjacent to an activating group) is 1. The molecule has 2 nitrogen and oxygen atoms in total. The average Bonchev–Trinajstić information content (AvgIpc) is 2.47. The third kappa shape index (κ3) is 3.56. The van der Waals surface area contributed by atoms with E-state index in [0.717, 1.165) is 24.3 Å². The summed E-state index contributed by atoms with van der Waals surface area (Å²) in [6.07, 6.45) is 4.49. The van der Waals surface area contributed by atoms with E-state index in [1.807, 2.05) is 25.2 Å². The van der Waals surface area contributed by atoms with E-state index in [1.165, 1.54) is 12.8 Å². The molecule has 1 atom stereocenters. The third-order valence-electron chi connectivity index (χ3n) is 4.66. The molecule has 0 radical (unpaired) electrons. The fourth-order valence-electron chi connectivity index (χ4n) is 3.50. The highest BCUT2D eigenvalue weighted by atomic mass is 35.5. The van der Waals surface area contributed by atoms with E-state index in [2.05, 4.69) is 19.2 Å². The molecule has 21 heavy (non-hydrogen) atoms. The van der Waals surface area contributed by atoms with Gasteiger partial charge in [-0.15, -0.1) is 0 Å². The van der Waals surface area contributed by atoms with E-state index in [4.69, 9.17) is 27.9 Å². The molecule has 0 saturated heterocycles. The van der Waals surface area contributed by atoms with E-state index in [-0.39, 0.29) is 11.6 Å². The summed E-state index contributed by atoms with van der Waals surface area (Å²) in [7, 11) is 1.97. The van der Waals surface area contributed by atoms with Crippen LogP contribution in [0.25, 0.3) is 0 Å². The summed E-state index contributed by atoms with van der Waals surface area (Å²) in [5.74, 6) is 0.769. The summed E-state index contributed by atoms with van der Waals surface area (Å²) in [6, 6.07) is 5.90. The minimum Gasteiger partial charge on any atom is -0.373 e. The third-order valence-corrected chi connectivity index (χ3v) is 5.49. The maximum absolute atomic E-state index is 6.45. The standard InChI is InChI=1S/C17H25Cl2NO/c1-4-21-17(10-8-12(2)9-11-17)16(20-3)13-6-5-7-14(18)15(13)19/h5-7,12,16,20H,4,8-11H2,1-3H3. The summed E-state index contributed by atoms with van der Waals surface area (Å²) in [4.78, 5) is 0. The predicted molar refractivity (Wildman–Crippen MR) is 90.3 cm³/mol. The van der Waals surface area contributed by atoms with Crippen LogP contribution >= 0.6 is 23.2 Å². The van der Waals surface area contributed by atoms with Crippen molar-refractivity contribution in [1.82, 2.24) is 5.32 Å². The molecule has 4 heteroatoms. The van der Waals surface area contributed by atoms with Crippen LogP contribution in [0.4, 0.5) is 0 Å². The van der Waals surface area contributed by atoms with Gasteiger partial charge in [0.2, 0.25) is 0 Å². The van der Waals surface area contributed by atoms with Gasteiger partial charge < -0.3 is 10.1 Å². The molecule has 0 heterocycles. The van der Waals surface area contributed by atoms with Gasteiger partial charge in [-0.05, 0) is 57.2 Å². The Bertz CT molecular complexity index is 470. The smallest absolute Gasteiger partial charge is 0.0876 e. The Morgan fingerprint density at radius 2 is 2.00 bits per heavy atom. The van der Waals surface area contributed by atoms with Gasteiger partial charge in [-0.3, -0.25) is 0 Å². The molecule has 0 spiro atoms. The average molecular weight is 330 g/mol. The zero-order chi connectivity index (χ0) is 15.5. The minimum absolute atomic E-state index is 0.0659. The molecule has 0 bridgehead atoms. The van der Waals surface area contributed by atoms with Crippen LogP contribution in [0.15, 0.2) is 18.2 Å². The molecular weight excluding hydrogens is 305 g/mol. The summed E-state index contributed by atoms with van der Waals surface area (Å²) < 4.78 is 6.26. The number of rotatable bonds is 5. The number of halogens is 2. The molecule has 1 N–H and O–H groups in total. The van der Waals surface area contributed by atoms with Crippen LogP contribution in [0.3, 0.4) is 0 Å². The molecule has 1 saturated carbocycles. The van der Waals surface area contributed by atoms with Crippen molar-refractivity contribution >= 4 is 23.2 Å². The maximum atomic E-state index is 6.45. The van der Waals surface area contributed by atoms with Gasteiger partial charge in [0.05, 0.1) is 21.7 Å². The van der Waals surface area contributed by atoms with Crippen LogP contribution in [-0.2, 0) is 4.74 Å². The Kier molecular flexibility index (Phi) is 5.96. The highest BCUT2D eigenvalue weighted by Gasteiger charge is 2.43. The van der Waals surface area contributed by atoms with E-state index in [0.29, 0.717) is 16.7 Å². The van der Waals surface area contributed by atoms with Crippen molar-refractivity contribution in [3.8, 4) is 0 Å². The molecule has 1 unspecified atom stereocenters. The highest BCUT2D eigenvalue weighted by Crippen LogP contribution is 2.45. The maximum Gasteiger partial charge on any atom is 0.0876 e. The first-order chi connectivity index (χ1) is 10.0. The summed E-state index contributed by atoms with van der Waals surface area (Å²) >= 11 is 12.6. The number of hydrogen-bond acceptors (Lipinski definition) is 2. The molecule has 1 aliphatic carbocycles. The Balaban J connectivity index is 2.38. The van der Waals surface area contributed by atoms with Gasteiger partial charge in [0.25, 0.3) is 0 Å². The van der Waals surface area contributed by atoms with Crippen molar-refractivity contribution in [2.75, 3.05) is 13.7 Å². The largest absolute Gasteiger partial charge is 0.373 e. The second-order valence-corrected chi connectivity index (χ2v) is 6.83. The Morgan fingerprint density at radius 1 is 1.33 bits per heavy atom. The molecule has 1 fully saturated rings. The highest BCUT2D eigenvalue weighted by molar-refractivity contribution is 6.42. The first-order valence-corrected chi connectivity index (χ1v) is 8.54. The molecule has 0 aliphatic heterocycles. The molecule has 2 rings (SSSR count). The summed E-state index contributed by atoms with van der Waals surface area (Å²) in [6.45, 7) is 5.09. The lowest BCUT2D eigenvalue weighted by Crippen LogP contribution is -2.47. The van der Waals surface area contributed by atoms with E-state index >= 15 is 0 Å². The molecule has 0 aromatic heterocycles. The summed E-state index contributed by atoms with van der Waals surface area (Å²) in [5.41, 5.74) is 0.847. The van der Waals surface area contributed by atoms with E-state index in [1.54, 1.807) is 0 Å². The van der Waals surface area contributed by atoms with Crippen LogP contribution in [0, 0.1) is 5.92 Å². The van der Waals surface area contributed by atoms with Crippen molar-refractivity contribution in [3.05, 3.63) is 33.8 Å². The quantitative estimate of drug-likeness (QED) is 0.797. The monoisotopic (exact) mass is 329 g/mol. The van der Waals surface area contributed by atoms with Crippen molar-refractivity contribution in [2.45, 2.75) is 51.2 Å². The lowest BCUT2D eigenvalue weighted by atomic mass is 9.73. The first-order valence-electron chi connectivity index (χ1n) is 7.79. The number of ether oxygens (including phenoxy) is 1. The van der Waals surface area contributed by atoms with Crippen LogP contribution in [0.1, 0.15) is 51.1 Å². The lowest BCUT2D eigenvalue weighted by molar-refractivity contribution is -0.0962. The fourth-order valence-corrected chi connectivity index (χ4v) is 3.92. The van der Waals surface area contributed by atoms with Crippen molar-refractivity contribution < 1.29 is 4.74 Å². The second-order valence-electron chi connectivity index (χ2n) is 6.05. The minimum atomic E-state index is -0.190. The zero-order valence-corrected chi connectivity index (χ0v) is 14.6. The fraction of sp³-hybridized carbons (Fsp3) is 0.647. The number of benzene rings is 1. The Morgan fingerprint density at radius 3 is 2.57 bits per heavy atom.